The second-order valence-electron chi connectivity index (χ2n) is 7.83. The van der Waals surface area contributed by atoms with Crippen molar-refractivity contribution in [2.75, 3.05) is 12.3 Å². The maximum Gasteiger partial charge on any atom is 0.243 e. The molecule has 0 saturated carbocycles. The minimum Gasteiger partial charge on any atom is -0.355 e. The van der Waals surface area contributed by atoms with Gasteiger partial charge in [0.25, 0.3) is 0 Å². The molecule has 4 nitrogen and oxygen atoms in total. The maximum atomic E-state index is 13.5. The van der Waals surface area contributed by atoms with Crippen molar-refractivity contribution in [2.24, 2.45) is 0 Å². The molecule has 0 aliphatic heterocycles. The molecule has 178 valence electrons. The van der Waals surface area contributed by atoms with E-state index in [1.807, 2.05) is 85.8 Å². The summed E-state index contributed by atoms with van der Waals surface area (Å²) >= 11 is 11.2. The normalized spacial score (nSPS) is 11.6. The third-order valence-corrected chi connectivity index (χ3v) is 7.19. The van der Waals surface area contributed by atoms with Gasteiger partial charge in [-0.05, 0) is 41.8 Å². The van der Waals surface area contributed by atoms with Gasteiger partial charge in [0.05, 0.1) is 5.75 Å². The lowest BCUT2D eigenvalue weighted by Crippen LogP contribution is -2.51. The summed E-state index contributed by atoms with van der Waals surface area (Å²) in [6.45, 7) is 2.75. The molecule has 1 N–H and O–H groups in total. The van der Waals surface area contributed by atoms with Crippen molar-refractivity contribution in [3.05, 3.63) is 105 Å². The van der Waals surface area contributed by atoms with Gasteiger partial charge in [-0.25, -0.2) is 0 Å². The standard InChI is InChI=1S/C27H28BrClN2O2S/c1-2-30-27(33)25(16-20-8-4-3-5-9-20)31(17-21-12-14-23(28)15-13-21)26(32)19-34-18-22-10-6-7-11-24(22)29/h3-15,25H,2,16-19H2,1H3,(H,30,33)/t25-/m1/s1. The van der Waals surface area contributed by atoms with Gasteiger partial charge in [0.15, 0.2) is 0 Å². The molecule has 0 radical (unpaired) electrons. The van der Waals surface area contributed by atoms with E-state index in [-0.39, 0.29) is 17.6 Å². The van der Waals surface area contributed by atoms with Crippen LogP contribution in [0.3, 0.4) is 0 Å². The van der Waals surface area contributed by atoms with E-state index in [2.05, 4.69) is 21.2 Å². The van der Waals surface area contributed by atoms with E-state index in [4.69, 9.17) is 11.6 Å². The second kappa shape index (κ2) is 13.6. The first kappa shape index (κ1) is 26.3. The monoisotopic (exact) mass is 558 g/mol. The Morgan fingerprint density at radius 1 is 0.971 bits per heavy atom. The van der Waals surface area contributed by atoms with Crippen LogP contribution in [0.25, 0.3) is 0 Å². The number of carbonyl (C=O) groups excluding carboxylic acids is 2. The summed E-state index contributed by atoms with van der Waals surface area (Å²) in [5, 5.41) is 3.61. The molecule has 3 rings (SSSR count). The average molecular weight is 560 g/mol. The number of rotatable bonds is 11. The molecule has 0 aliphatic rings. The number of benzene rings is 3. The van der Waals surface area contributed by atoms with Crippen molar-refractivity contribution < 1.29 is 9.59 Å². The highest BCUT2D eigenvalue weighted by molar-refractivity contribution is 9.10. The van der Waals surface area contributed by atoms with Gasteiger partial charge in [-0.3, -0.25) is 9.59 Å². The van der Waals surface area contributed by atoms with Crippen molar-refractivity contribution in [1.29, 1.82) is 0 Å². The van der Waals surface area contributed by atoms with Crippen molar-refractivity contribution in [3.8, 4) is 0 Å². The van der Waals surface area contributed by atoms with E-state index >= 15 is 0 Å². The Morgan fingerprint density at radius 3 is 2.32 bits per heavy atom. The van der Waals surface area contributed by atoms with E-state index in [0.717, 1.165) is 21.2 Å². The fraction of sp³-hybridized carbons (Fsp3) is 0.259. The van der Waals surface area contributed by atoms with Gasteiger partial charge in [-0.15, -0.1) is 11.8 Å². The predicted molar refractivity (Wildman–Crippen MR) is 145 cm³/mol. The van der Waals surface area contributed by atoms with Crippen LogP contribution < -0.4 is 5.32 Å². The number of nitrogens with zero attached hydrogens (tertiary/aromatic N) is 1. The quantitative estimate of drug-likeness (QED) is 0.308. The Labute approximate surface area is 219 Å². The lowest BCUT2D eigenvalue weighted by molar-refractivity contribution is -0.139. The molecule has 7 heteroatoms. The van der Waals surface area contributed by atoms with Gasteiger partial charge in [-0.1, -0.05) is 88.2 Å². The van der Waals surface area contributed by atoms with Crippen LogP contribution in [-0.2, 0) is 28.3 Å². The Kier molecular flexibility index (Phi) is 10.5. The van der Waals surface area contributed by atoms with Gasteiger partial charge in [-0.2, -0.15) is 0 Å². The summed E-state index contributed by atoms with van der Waals surface area (Å²) in [6, 6.07) is 24.7. The highest BCUT2D eigenvalue weighted by atomic mass is 79.9. The van der Waals surface area contributed by atoms with Crippen molar-refractivity contribution in [1.82, 2.24) is 10.2 Å². The maximum absolute atomic E-state index is 13.5. The number of halogens is 2. The molecule has 34 heavy (non-hydrogen) atoms. The number of hydrogen-bond acceptors (Lipinski definition) is 3. The SMILES string of the molecule is CCNC(=O)[C@@H](Cc1ccccc1)N(Cc1ccc(Br)cc1)C(=O)CSCc1ccccc1Cl. The number of likely N-dealkylation sites (N-methyl/N-ethyl adjacent to an activating group) is 1. The number of hydrogen-bond donors (Lipinski definition) is 1. The molecule has 2 amide bonds. The van der Waals surface area contributed by atoms with Gasteiger partial charge in [0.2, 0.25) is 11.8 Å². The third kappa shape index (κ3) is 7.90. The minimum atomic E-state index is -0.612. The number of carbonyl (C=O) groups is 2. The summed E-state index contributed by atoms with van der Waals surface area (Å²) in [7, 11) is 0. The van der Waals surface area contributed by atoms with E-state index in [1.54, 1.807) is 4.90 Å². The summed E-state index contributed by atoms with van der Waals surface area (Å²) in [6.07, 6.45) is 0.449. The van der Waals surface area contributed by atoms with E-state index in [0.29, 0.717) is 30.3 Å². The Morgan fingerprint density at radius 2 is 1.65 bits per heavy atom. The van der Waals surface area contributed by atoms with Gasteiger partial charge < -0.3 is 10.2 Å². The Hall–Kier alpha value is -2.28. The Balaban J connectivity index is 1.82. The summed E-state index contributed by atoms with van der Waals surface area (Å²) in [5.74, 6) is 0.661. The van der Waals surface area contributed by atoms with Crippen LogP contribution >= 0.6 is 39.3 Å². The molecular formula is C27H28BrClN2O2S. The van der Waals surface area contributed by atoms with Gasteiger partial charge >= 0.3 is 0 Å². The molecule has 0 bridgehead atoms. The number of amides is 2. The molecule has 0 aromatic heterocycles. The lowest BCUT2D eigenvalue weighted by Gasteiger charge is -2.31. The average Bonchev–Trinajstić information content (AvgIpc) is 2.84. The molecule has 0 aliphatic carbocycles. The zero-order valence-corrected chi connectivity index (χ0v) is 22.2. The van der Waals surface area contributed by atoms with Crippen LogP contribution in [0.4, 0.5) is 0 Å². The molecular weight excluding hydrogens is 532 g/mol. The molecule has 3 aromatic carbocycles. The summed E-state index contributed by atoms with van der Waals surface area (Å²) < 4.78 is 0.967. The van der Waals surface area contributed by atoms with Gasteiger partial charge in [0.1, 0.15) is 6.04 Å². The topological polar surface area (TPSA) is 49.4 Å². The van der Waals surface area contributed by atoms with Gasteiger partial charge in [0, 0.05) is 34.8 Å². The first-order chi connectivity index (χ1) is 16.5. The molecule has 0 saturated heterocycles. The molecule has 3 aromatic rings. The smallest absolute Gasteiger partial charge is 0.243 e. The summed E-state index contributed by atoms with van der Waals surface area (Å²) in [5.41, 5.74) is 2.97. The largest absolute Gasteiger partial charge is 0.355 e. The predicted octanol–water partition coefficient (Wildman–Crippen LogP) is 6.11. The third-order valence-electron chi connectivity index (χ3n) is 5.33. The zero-order valence-electron chi connectivity index (χ0n) is 19.0. The molecule has 0 heterocycles. The van der Waals surface area contributed by atoms with E-state index in [9.17, 15) is 9.59 Å². The molecule has 1 atom stereocenters. The number of nitrogens with one attached hydrogen (secondary N) is 1. The highest BCUT2D eigenvalue weighted by Gasteiger charge is 2.30. The van der Waals surface area contributed by atoms with Crippen molar-refractivity contribution in [3.63, 3.8) is 0 Å². The zero-order chi connectivity index (χ0) is 24.3. The molecule has 0 fully saturated rings. The van der Waals surface area contributed by atoms with Crippen LogP contribution in [0.15, 0.2) is 83.3 Å². The first-order valence-electron chi connectivity index (χ1n) is 11.1. The molecule has 0 spiro atoms. The Bertz CT molecular complexity index is 1080. The fourth-order valence-corrected chi connectivity index (χ4v) is 5.04. The van der Waals surface area contributed by atoms with Crippen LogP contribution in [0.1, 0.15) is 23.6 Å². The van der Waals surface area contributed by atoms with E-state index in [1.165, 1.54) is 11.8 Å². The van der Waals surface area contributed by atoms with Crippen LogP contribution in [0.5, 0.6) is 0 Å². The van der Waals surface area contributed by atoms with Crippen LogP contribution in [-0.4, -0.2) is 35.1 Å². The van der Waals surface area contributed by atoms with Crippen molar-refractivity contribution >= 4 is 51.1 Å². The second-order valence-corrected chi connectivity index (χ2v) is 10.1. The molecule has 0 unspecified atom stereocenters. The van der Waals surface area contributed by atoms with Crippen LogP contribution in [0, 0.1) is 0 Å². The van der Waals surface area contributed by atoms with E-state index < -0.39 is 6.04 Å². The lowest BCUT2D eigenvalue weighted by atomic mass is 10.0. The van der Waals surface area contributed by atoms with Crippen LogP contribution in [0.2, 0.25) is 5.02 Å². The fourth-order valence-electron chi connectivity index (χ4n) is 3.58. The summed E-state index contributed by atoms with van der Waals surface area (Å²) in [4.78, 5) is 28.4. The first-order valence-corrected chi connectivity index (χ1v) is 13.5. The van der Waals surface area contributed by atoms with Crippen molar-refractivity contribution in [2.45, 2.75) is 31.7 Å². The number of thioether (sulfide) groups is 1. The highest BCUT2D eigenvalue weighted by Crippen LogP contribution is 2.23. The minimum absolute atomic E-state index is 0.0767.